The zero-order valence-electron chi connectivity index (χ0n) is 16.9. The lowest BCUT2D eigenvalue weighted by molar-refractivity contribution is -0.121. The minimum Gasteiger partial charge on any atom is -0.319 e. The van der Waals surface area contributed by atoms with Crippen LogP contribution >= 0.6 is 0 Å². The summed E-state index contributed by atoms with van der Waals surface area (Å²) < 4.78 is 3.36. The smallest absolute Gasteiger partial charge is 0.295 e. The molecule has 1 aliphatic heterocycles. The third-order valence-corrected chi connectivity index (χ3v) is 5.63. The van der Waals surface area contributed by atoms with Gasteiger partial charge in [0.05, 0.1) is 17.4 Å². The predicted octanol–water partition coefficient (Wildman–Crippen LogP) is 2.79. The summed E-state index contributed by atoms with van der Waals surface area (Å²) >= 11 is 0. The highest BCUT2D eigenvalue weighted by molar-refractivity contribution is 5.95. The zero-order valence-corrected chi connectivity index (χ0v) is 16.9. The molecule has 1 aromatic carbocycles. The average Bonchev–Trinajstić information content (AvgIpc) is 2.84. The molecule has 0 aliphatic carbocycles. The second-order valence-corrected chi connectivity index (χ2v) is 8.00. The molecule has 27 heavy (non-hydrogen) atoms. The monoisotopic (exact) mass is 370 g/mol. The van der Waals surface area contributed by atoms with Crippen molar-refractivity contribution in [2.24, 2.45) is 18.9 Å². The Morgan fingerprint density at radius 2 is 1.74 bits per heavy atom. The fraction of sp³-hybridized carbons (Fsp3) is 0.524. The van der Waals surface area contributed by atoms with E-state index in [-0.39, 0.29) is 17.5 Å². The number of carbonyl (C=O) groups is 1. The van der Waals surface area contributed by atoms with E-state index in [0.29, 0.717) is 17.5 Å². The molecular weight excluding hydrogens is 340 g/mol. The van der Waals surface area contributed by atoms with Crippen LogP contribution in [0.25, 0.3) is 5.69 Å². The zero-order chi connectivity index (χ0) is 19.7. The van der Waals surface area contributed by atoms with E-state index in [0.717, 1.165) is 24.5 Å². The van der Waals surface area contributed by atoms with Crippen molar-refractivity contribution in [2.45, 2.75) is 40.2 Å². The van der Waals surface area contributed by atoms with Crippen LogP contribution in [0.2, 0.25) is 0 Å². The Balaban J connectivity index is 1.83. The van der Waals surface area contributed by atoms with Gasteiger partial charge in [0.1, 0.15) is 5.69 Å². The lowest BCUT2D eigenvalue weighted by Crippen LogP contribution is -2.49. The van der Waals surface area contributed by atoms with Gasteiger partial charge in [-0.1, -0.05) is 32.0 Å². The molecule has 0 spiro atoms. The van der Waals surface area contributed by atoms with Crippen LogP contribution in [0.5, 0.6) is 0 Å². The summed E-state index contributed by atoms with van der Waals surface area (Å²) in [7, 11) is 1.83. The van der Waals surface area contributed by atoms with E-state index in [1.54, 1.807) is 9.36 Å². The molecule has 0 saturated carbocycles. The Hall–Kier alpha value is -2.34. The lowest BCUT2D eigenvalue weighted by atomic mass is 9.91. The molecule has 6 heteroatoms. The number of para-hydroxylation sites is 1. The molecule has 2 aromatic rings. The summed E-state index contributed by atoms with van der Waals surface area (Å²) in [6, 6.07) is 9.19. The van der Waals surface area contributed by atoms with E-state index >= 15 is 0 Å². The van der Waals surface area contributed by atoms with Gasteiger partial charge in [-0.2, -0.15) is 0 Å². The second-order valence-electron chi connectivity index (χ2n) is 8.00. The number of benzene rings is 1. The number of nitrogens with zero attached hydrogens (tertiary/aromatic N) is 3. The van der Waals surface area contributed by atoms with E-state index in [1.165, 1.54) is 6.42 Å². The third-order valence-electron chi connectivity index (χ3n) is 5.63. The highest BCUT2D eigenvalue weighted by atomic mass is 16.2. The molecule has 3 atom stereocenters. The largest absolute Gasteiger partial charge is 0.319 e. The quantitative estimate of drug-likeness (QED) is 0.900. The van der Waals surface area contributed by atoms with Crippen molar-refractivity contribution in [1.29, 1.82) is 0 Å². The molecule has 6 nitrogen and oxygen atoms in total. The average molecular weight is 370 g/mol. The van der Waals surface area contributed by atoms with Crippen molar-refractivity contribution in [3.8, 4) is 5.69 Å². The van der Waals surface area contributed by atoms with Crippen molar-refractivity contribution in [1.82, 2.24) is 14.3 Å². The van der Waals surface area contributed by atoms with Gasteiger partial charge in [0.2, 0.25) is 5.91 Å². The van der Waals surface area contributed by atoms with Crippen LogP contribution in [-0.4, -0.2) is 39.3 Å². The molecule has 0 radical (unpaired) electrons. The van der Waals surface area contributed by atoms with Crippen LogP contribution < -0.4 is 10.9 Å². The number of anilines is 1. The predicted molar refractivity (Wildman–Crippen MR) is 108 cm³/mol. The Labute approximate surface area is 160 Å². The number of amides is 1. The summed E-state index contributed by atoms with van der Waals surface area (Å²) in [4.78, 5) is 28.1. The van der Waals surface area contributed by atoms with Crippen LogP contribution in [0.1, 0.15) is 32.9 Å². The Kier molecular flexibility index (Phi) is 5.56. The topological polar surface area (TPSA) is 59.3 Å². The highest BCUT2D eigenvalue weighted by Gasteiger charge is 2.30. The first-order chi connectivity index (χ1) is 12.8. The van der Waals surface area contributed by atoms with E-state index in [2.05, 4.69) is 24.1 Å². The lowest BCUT2D eigenvalue weighted by Gasteiger charge is -2.38. The molecule has 1 aliphatic rings. The fourth-order valence-electron chi connectivity index (χ4n) is 4.13. The van der Waals surface area contributed by atoms with Crippen molar-refractivity contribution in [3.05, 3.63) is 46.4 Å². The minimum absolute atomic E-state index is 0.123. The van der Waals surface area contributed by atoms with Gasteiger partial charge < -0.3 is 5.32 Å². The molecule has 1 aromatic heterocycles. The molecule has 1 N–H and O–H groups in total. The Morgan fingerprint density at radius 3 is 2.33 bits per heavy atom. The maximum Gasteiger partial charge on any atom is 0.295 e. The number of rotatable bonds is 4. The number of hydrogen-bond donors (Lipinski definition) is 1. The van der Waals surface area contributed by atoms with Gasteiger partial charge in [0.15, 0.2) is 0 Å². The summed E-state index contributed by atoms with van der Waals surface area (Å²) in [5, 5.41) is 2.90. The van der Waals surface area contributed by atoms with Gasteiger partial charge in [0.25, 0.3) is 5.56 Å². The molecule has 1 amide bonds. The Bertz CT molecular complexity index is 858. The number of hydrogen-bond acceptors (Lipinski definition) is 3. The summed E-state index contributed by atoms with van der Waals surface area (Å²) in [6.45, 7) is 10.1. The minimum atomic E-state index is -0.264. The van der Waals surface area contributed by atoms with E-state index in [9.17, 15) is 9.59 Å². The molecule has 3 rings (SSSR count). The van der Waals surface area contributed by atoms with Crippen LogP contribution in [0.4, 0.5) is 5.69 Å². The molecule has 146 valence electrons. The number of nitrogens with one attached hydrogen (secondary N) is 1. The second kappa shape index (κ2) is 7.72. The first kappa shape index (κ1) is 19.4. The normalized spacial score (nSPS) is 21.8. The summed E-state index contributed by atoms with van der Waals surface area (Å²) in [6.07, 6.45) is 1.20. The van der Waals surface area contributed by atoms with Crippen molar-refractivity contribution < 1.29 is 4.79 Å². The summed E-state index contributed by atoms with van der Waals surface area (Å²) in [5.41, 5.74) is 1.67. The first-order valence-electron chi connectivity index (χ1n) is 9.68. The number of piperidine rings is 1. The maximum absolute atomic E-state index is 13.0. The number of likely N-dealkylation sites (tertiary alicyclic amines) is 1. The molecule has 1 fully saturated rings. The SMILES string of the molecule is Cc1c(NC(=O)[C@H](C)N2C[C@H](C)C[C@H](C)C2)c(=O)n(-c2ccccc2)n1C. The van der Waals surface area contributed by atoms with Gasteiger partial charge in [-0.3, -0.25) is 19.2 Å². The molecule has 0 unspecified atom stereocenters. The van der Waals surface area contributed by atoms with Gasteiger partial charge in [-0.15, -0.1) is 0 Å². The molecule has 2 heterocycles. The van der Waals surface area contributed by atoms with E-state index in [4.69, 9.17) is 0 Å². The first-order valence-corrected chi connectivity index (χ1v) is 9.68. The fourth-order valence-corrected chi connectivity index (χ4v) is 4.13. The third kappa shape index (κ3) is 3.86. The van der Waals surface area contributed by atoms with Gasteiger partial charge >= 0.3 is 0 Å². The van der Waals surface area contributed by atoms with Crippen molar-refractivity contribution in [3.63, 3.8) is 0 Å². The maximum atomic E-state index is 13.0. The van der Waals surface area contributed by atoms with Crippen molar-refractivity contribution >= 4 is 11.6 Å². The van der Waals surface area contributed by atoms with Crippen molar-refractivity contribution in [2.75, 3.05) is 18.4 Å². The highest BCUT2D eigenvalue weighted by Crippen LogP contribution is 2.23. The van der Waals surface area contributed by atoms with Crippen LogP contribution in [0.15, 0.2) is 35.1 Å². The van der Waals surface area contributed by atoms with Gasteiger partial charge in [-0.25, -0.2) is 4.68 Å². The van der Waals surface area contributed by atoms with E-state index < -0.39 is 0 Å². The van der Waals surface area contributed by atoms with Gasteiger partial charge in [0, 0.05) is 20.1 Å². The van der Waals surface area contributed by atoms with Crippen LogP contribution in [0, 0.1) is 18.8 Å². The molecule has 0 bridgehead atoms. The van der Waals surface area contributed by atoms with Gasteiger partial charge in [-0.05, 0) is 44.2 Å². The Morgan fingerprint density at radius 1 is 1.15 bits per heavy atom. The molecule has 1 saturated heterocycles. The molecular formula is C21H30N4O2. The van der Waals surface area contributed by atoms with Crippen LogP contribution in [-0.2, 0) is 11.8 Å². The number of aromatic nitrogens is 2. The standard InChI is InChI=1S/C21H30N4O2/c1-14-11-15(2)13-24(12-14)17(4)20(26)22-19-16(3)23(5)25(21(19)27)18-9-7-6-8-10-18/h6-10,14-15,17H,11-13H2,1-5H3,(H,22,26)/t14-,15+,17-/m0/s1. The summed E-state index contributed by atoms with van der Waals surface area (Å²) in [5.74, 6) is 1.04. The number of carbonyl (C=O) groups excluding carboxylic acids is 1. The van der Waals surface area contributed by atoms with E-state index in [1.807, 2.05) is 51.2 Å². The van der Waals surface area contributed by atoms with Crippen LogP contribution in [0.3, 0.4) is 0 Å².